The van der Waals surface area contributed by atoms with Crippen molar-refractivity contribution in [1.29, 1.82) is 0 Å². The zero-order valence-corrected chi connectivity index (χ0v) is 12.5. The van der Waals surface area contributed by atoms with Gasteiger partial charge in [-0.25, -0.2) is 9.18 Å². The van der Waals surface area contributed by atoms with Crippen molar-refractivity contribution in [3.05, 3.63) is 62.8 Å². The molecule has 0 aliphatic heterocycles. The van der Waals surface area contributed by atoms with Gasteiger partial charge in [0, 0.05) is 21.7 Å². The van der Waals surface area contributed by atoms with E-state index < -0.39 is 11.8 Å². The summed E-state index contributed by atoms with van der Waals surface area (Å²) in [7, 11) is 0. The van der Waals surface area contributed by atoms with E-state index in [-0.39, 0.29) is 5.56 Å². The van der Waals surface area contributed by atoms with Crippen molar-refractivity contribution in [3.63, 3.8) is 0 Å². The topological polar surface area (TPSA) is 49.3 Å². The number of carbonyl (C=O) groups is 1. The summed E-state index contributed by atoms with van der Waals surface area (Å²) in [5.41, 5.74) is 1.62. The van der Waals surface area contributed by atoms with Crippen LogP contribution in [0.2, 0.25) is 5.02 Å². The Balaban J connectivity index is 2.12. The molecule has 3 nitrogen and oxygen atoms in total. The van der Waals surface area contributed by atoms with Gasteiger partial charge in [-0.3, -0.25) is 0 Å². The second-order valence-electron chi connectivity index (χ2n) is 4.12. The van der Waals surface area contributed by atoms with Crippen molar-refractivity contribution in [2.24, 2.45) is 0 Å². The van der Waals surface area contributed by atoms with Crippen LogP contribution in [0.3, 0.4) is 0 Å². The summed E-state index contributed by atoms with van der Waals surface area (Å²) in [5.74, 6) is -1.40. The Bertz CT molecular complexity index is 643. The Kier molecular flexibility index (Phi) is 4.62. The van der Waals surface area contributed by atoms with Crippen molar-refractivity contribution in [2.75, 3.05) is 5.32 Å². The highest BCUT2D eigenvalue weighted by molar-refractivity contribution is 9.10. The van der Waals surface area contributed by atoms with Gasteiger partial charge in [0.1, 0.15) is 5.82 Å². The standard InChI is InChI=1S/C14H10BrClFNO2/c15-13-3-8(14(19)20)1-2-9(13)7-18-12-5-10(16)4-11(17)6-12/h1-6,18H,7H2,(H,19,20). The molecule has 0 saturated heterocycles. The van der Waals surface area contributed by atoms with Crippen LogP contribution in [0.4, 0.5) is 10.1 Å². The lowest BCUT2D eigenvalue weighted by Crippen LogP contribution is -2.02. The lowest BCUT2D eigenvalue weighted by molar-refractivity contribution is 0.0697. The van der Waals surface area contributed by atoms with Gasteiger partial charge in [0.25, 0.3) is 0 Å². The molecule has 104 valence electrons. The molecule has 0 aliphatic rings. The number of carboxylic acids is 1. The predicted octanol–water partition coefficient (Wildman–Crippen LogP) is 4.55. The molecule has 0 saturated carbocycles. The van der Waals surface area contributed by atoms with Crippen LogP contribution >= 0.6 is 27.5 Å². The first kappa shape index (κ1) is 14.8. The minimum Gasteiger partial charge on any atom is -0.478 e. The zero-order valence-electron chi connectivity index (χ0n) is 10.2. The smallest absolute Gasteiger partial charge is 0.335 e. The maximum absolute atomic E-state index is 13.2. The zero-order chi connectivity index (χ0) is 14.7. The quantitative estimate of drug-likeness (QED) is 0.843. The third-order valence-corrected chi connectivity index (χ3v) is 3.60. The molecule has 2 aromatic rings. The third-order valence-electron chi connectivity index (χ3n) is 2.65. The molecule has 0 amide bonds. The minimum absolute atomic E-state index is 0.203. The van der Waals surface area contributed by atoms with Crippen molar-refractivity contribution < 1.29 is 14.3 Å². The fourth-order valence-corrected chi connectivity index (χ4v) is 2.42. The summed E-state index contributed by atoms with van der Waals surface area (Å²) >= 11 is 9.08. The normalized spacial score (nSPS) is 10.3. The largest absolute Gasteiger partial charge is 0.478 e. The highest BCUT2D eigenvalue weighted by Gasteiger charge is 2.07. The van der Waals surface area contributed by atoms with Crippen molar-refractivity contribution >= 4 is 39.2 Å². The average molecular weight is 359 g/mol. The molecule has 2 N–H and O–H groups in total. The summed E-state index contributed by atoms with van der Waals surface area (Å²) in [5, 5.41) is 12.2. The van der Waals surface area contributed by atoms with Crippen molar-refractivity contribution in [2.45, 2.75) is 6.54 Å². The Hall–Kier alpha value is -1.59. The van der Waals surface area contributed by atoms with Crippen molar-refractivity contribution in [3.8, 4) is 0 Å². The van der Waals surface area contributed by atoms with Crippen LogP contribution in [-0.4, -0.2) is 11.1 Å². The Morgan fingerprint density at radius 2 is 2.05 bits per heavy atom. The second-order valence-corrected chi connectivity index (χ2v) is 5.41. The fraction of sp³-hybridized carbons (Fsp3) is 0.0714. The molecule has 0 atom stereocenters. The van der Waals surface area contributed by atoms with E-state index >= 15 is 0 Å². The Morgan fingerprint density at radius 3 is 2.65 bits per heavy atom. The van der Waals surface area contributed by atoms with Gasteiger partial charge in [-0.15, -0.1) is 0 Å². The van der Waals surface area contributed by atoms with Crippen LogP contribution in [0.5, 0.6) is 0 Å². The summed E-state index contributed by atoms with van der Waals surface area (Å²) in [6, 6.07) is 8.92. The van der Waals surface area contributed by atoms with Crippen LogP contribution in [0.25, 0.3) is 0 Å². The molecule has 20 heavy (non-hydrogen) atoms. The molecule has 6 heteroatoms. The number of hydrogen-bond acceptors (Lipinski definition) is 2. The second kappa shape index (κ2) is 6.24. The summed E-state index contributed by atoms with van der Waals surface area (Å²) < 4.78 is 13.8. The van der Waals surface area contributed by atoms with Crippen molar-refractivity contribution in [1.82, 2.24) is 0 Å². The van der Waals surface area contributed by atoms with E-state index in [2.05, 4.69) is 21.2 Å². The van der Waals surface area contributed by atoms with Gasteiger partial charge in [0.05, 0.1) is 5.56 Å². The van der Waals surface area contributed by atoms with Gasteiger partial charge in [-0.2, -0.15) is 0 Å². The number of aromatic carboxylic acids is 1. The summed E-state index contributed by atoms with van der Waals surface area (Å²) in [6.07, 6.45) is 0. The van der Waals surface area contributed by atoms with Crippen LogP contribution in [-0.2, 0) is 6.54 Å². The molecule has 0 unspecified atom stereocenters. The first-order chi connectivity index (χ1) is 9.45. The number of hydrogen-bond donors (Lipinski definition) is 2. The van der Waals surface area contributed by atoms with Gasteiger partial charge in [0.15, 0.2) is 0 Å². The lowest BCUT2D eigenvalue weighted by Gasteiger charge is -2.09. The van der Waals surface area contributed by atoms with E-state index in [0.717, 1.165) is 5.56 Å². The molecule has 0 aliphatic carbocycles. The first-order valence-electron chi connectivity index (χ1n) is 5.67. The number of carboxylic acid groups (broad SMARTS) is 1. The van der Waals surface area contributed by atoms with E-state index in [1.165, 1.54) is 24.3 Å². The molecule has 2 rings (SSSR count). The van der Waals surface area contributed by atoms with Gasteiger partial charge in [-0.05, 0) is 35.9 Å². The SMILES string of the molecule is O=C(O)c1ccc(CNc2cc(F)cc(Cl)c2)c(Br)c1. The number of halogens is 3. The van der Waals surface area contributed by atoms with E-state index in [0.29, 0.717) is 21.7 Å². The number of rotatable bonds is 4. The molecule has 0 spiro atoms. The lowest BCUT2D eigenvalue weighted by atomic mass is 10.1. The monoisotopic (exact) mass is 357 g/mol. The fourth-order valence-electron chi connectivity index (χ4n) is 1.68. The molecule has 0 heterocycles. The van der Waals surface area contributed by atoms with Crippen LogP contribution in [0, 0.1) is 5.82 Å². The number of benzene rings is 2. The highest BCUT2D eigenvalue weighted by Crippen LogP contribution is 2.22. The predicted molar refractivity (Wildman–Crippen MR) is 79.8 cm³/mol. The maximum atomic E-state index is 13.2. The number of anilines is 1. The molecule has 2 aromatic carbocycles. The molecule has 0 fully saturated rings. The molecular formula is C14H10BrClFNO2. The van der Waals surface area contributed by atoms with Crippen LogP contribution in [0.1, 0.15) is 15.9 Å². The Labute approximate surface area is 128 Å². The molecular weight excluding hydrogens is 349 g/mol. The Morgan fingerprint density at radius 1 is 1.30 bits per heavy atom. The summed E-state index contributed by atoms with van der Waals surface area (Å²) in [4.78, 5) is 10.8. The average Bonchev–Trinajstić information content (AvgIpc) is 2.36. The maximum Gasteiger partial charge on any atom is 0.335 e. The van der Waals surface area contributed by atoms with Gasteiger partial charge < -0.3 is 10.4 Å². The summed E-state index contributed by atoms with van der Waals surface area (Å²) in [6.45, 7) is 0.417. The van der Waals surface area contributed by atoms with E-state index in [4.69, 9.17) is 16.7 Å². The van der Waals surface area contributed by atoms with E-state index in [1.807, 2.05) is 0 Å². The van der Waals surface area contributed by atoms with Crippen LogP contribution < -0.4 is 5.32 Å². The van der Waals surface area contributed by atoms with Gasteiger partial charge in [-0.1, -0.05) is 33.6 Å². The van der Waals surface area contributed by atoms with E-state index in [9.17, 15) is 9.18 Å². The third kappa shape index (κ3) is 3.71. The molecule has 0 bridgehead atoms. The van der Waals surface area contributed by atoms with Crippen LogP contribution in [0.15, 0.2) is 40.9 Å². The first-order valence-corrected chi connectivity index (χ1v) is 6.84. The van der Waals surface area contributed by atoms with Gasteiger partial charge >= 0.3 is 5.97 Å². The number of nitrogens with one attached hydrogen (secondary N) is 1. The molecule has 0 aromatic heterocycles. The highest BCUT2D eigenvalue weighted by atomic mass is 79.9. The van der Waals surface area contributed by atoms with Gasteiger partial charge in [0.2, 0.25) is 0 Å². The molecule has 0 radical (unpaired) electrons. The minimum atomic E-state index is -0.984. The van der Waals surface area contributed by atoms with E-state index in [1.54, 1.807) is 12.1 Å².